The van der Waals surface area contributed by atoms with Crippen LogP contribution in [0.2, 0.25) is 5.02 Å². The molecule has 2 N–H and O–H groups in total. The molecule has 6 nitrogen and oxygen atoms in total. The molecule has 0 unspecified atom stereocenters. The Morgan fingerprint density at radius 3 is 2.52 bits per heavy atom. The molecule has 1 aromatic carbocycles. The summed E-state index contributed by atoms with van der Waals surface area (Å²) in [5, 5.41) is 0.506. The fraction of sp³-hybridized carbons (Fsp3) is 0.429. The number of benzene rings is 1. The standard InChI is InChI=1S/C14H18ClN3O3/c1-21-13(19)9-17-4-6-18(7-5-17)14(20)11-3-2-10(15)8-12(11)16/h2-3,8H,4-7,9,16H2,1H3. The van der Waals surface area contributed by atoms with Crippen molar-refractivity contribution in [2.24, 2.45) is 0 Å². The van der Waals surface area contributed by atoms with E-state index in [1.807, 2.05) is 4.90 Å². The Bertz CT molecular complexity index is 542. The number of esters is 1. The van der Waals surface area contributed by atoms with Gasteiger partial charge in [0.15, 0.2) is 0 Å². The van der Waals surface area contributed by atoms with Crippen LogP contribution < -0.4 is 5.73 Å². The largest absolute Gasteiger partial charge is 0.468 e. The Balaban J connectivity index is 1.95. The van der Waals surface area contributed by atoms with Gasteiger partial charge < -0.3 is 15.4 Å². The van der Waals surface area contributed by atoms with Crippen molar-refractivity contribution in [3.63, 3.8) is 0 Å². The number of carbonyl (C=O) groups is 2. The second-order valence-corrected chi connectivity index (χ2v) is 5.31. The smallest absolute Gasteiger partial charge is 0.319 e. The van der Waals surface area contributed by atoms with Gasteiger partial charge in [0.1, 0.15) is 0 Å². The minimum atomic E-state index is -0.267. The van der Waals surface area contributed by atoms with Gasteiger partial charge in [0.25, 0.3) is 5.91 Å². The van der Waals surface area contributed by atoms with E-state index in [1.165, 1.54) is 7.11 Å². The van der Waals surface area contributed by atoms with Crippen LogP contribution in [0.3, 0.4) is 0 Å². The van der Waals surface area contributed by atoms with E-state index in [1.54, 1.807) is 23.1 Å². The Kier molecular flexibility index (Phi) is 5.03. The Hall–Kier alpha value is -1.79. The summed E-state index contributed by atoms with van der Waals surface area (Å²) in [6.07, 6.45) is 0. The maximum Gasteiger partial charge on any atom is 0.319 e. The molecule has 2 rings (SSSR count). The lowest BCUT2D eigenvalue weighted by Crippen LogP contribution is -2.50. The van der Waals surface area contributed by atoms with E-state index in [4.69, 9.17) is 17.3 Å². The van der Waals surface area contributed by atoms with Gasteiger partial charge in [-0.15, -0.1) is 0 Å². The van der Waals surface area contributed by atoms with Crippen molar-refractivity contribution in [3.8, 4) is 0 Å². The summed E-state index contributed by atoms with van der Waals surface area (Å²) in [4.78, 5) is 27.3. The summed E-state index contributed by atoms with van der Waals surface area (Å²) < 4.78 is 4.63. The summed E-state index contributed by atoms with van der Waals surface area (Å²) in [7, 11) is 1.37. The number of nitrogen functional groups attached to an aromatic ring is 1. The molecular formula is C14H18ClN3O3. The van der Waals surface area contributed by atoms with Crippen molar-refractivity contribution in [1.29, 1.82) is 0 Å². The van der Waals surface area contributed by atoms with Crippen LogP contribution in [0.25, 0.3) is 0 Å². The number of nitrogens with two attached hydrogens (primary N) is 1. The number of nitrogens with zero attached hydrogens (tertiary/aromatic N) is 2. The van der Waals surface area contributed by atoms with Crippen molar-refractivity contribution >= 4 is 29.2 Å². The van der Waals surface area contributed by atoms with Crippen molar-refractivity contribution in [2.75, 3.05) is 45.6 Å². The number of anilines is 1. The molecule has 1 heterocycles. The van der Waals surface area contributed by atoms with Gasteiger partial charge in [0, 0.05) is 36.9 Å². The molecular weight excluding hydrogens is 294 g/mol. The first-order chi connectivity index (χ1) is 10.0. The Morgan fingerprint density at radius 2 is 1.95 bits per heavy atom. The van der Waals surface area contributed by atoms with Crippen molar-refractivity contribution in [3.05, 3.63) is 28.8 Å². The third-order valence-electron chi connectivity index (χ3n) is 3.48. The van der Waals surface area contributed by atoms with E-state index < -0.39 is 0 Å². The Labute approximate surface area is 128 Å². The minimum absolute atomic E-state index is 0.109. The minimum Gasteiger partial charge on any atom is -0.468 e. The van der Waals surface area contributed by atoms with Gasteiger partial charge in [0.05, 0.1) is 19.2 Å². The fourth-order valence-electron chi connectivity index (χ4n) is 2.25. The topological polar surface area (TPSA) is 75.9 Å². The highest BCUT2D eigenvalue weighted by Crippen LogP contribution is 2.20. The number of ether oxygens (including phenoxy) is 1. The number of hydrogen-bond donors (Lipinski definition) is 1. The third-order valence-corrected chi connectivity index (χ3v) is 3.72. The van der Waals surface area contributed by atoms with Gasteiger partial charge in [-0.2, -0.15) is 0 Å². The van der Waals surface area contributed by atoms with Crippen LogP contribution in [0.4, 0.5) is 5.69 Å². The first-order valence-electron chi connectivity index (χ1n) is 6.64. The number of carbonyl (C=O) groups excluding carboxylic acids is 2. The highest BCUT2D eigenvalue weighted by Gasteiger charge is 2.24. The normalized spacial score (nSPS) is 15.8. The average molecular weight is 312 g/mol. The van der Waals surface area contributed by atoms with Gasteiger partial charge in [-0.3, -0.25) is 14.5 Å². The molecule has 0 radical (unpaired) electrons. The summed E-state index contributed by atoms with van der Waals surface area (Å²) in [5.74, 6) is -0.376. The monoisotopic (exact) mass is 311 g/mol. The van der Waals surface area contributed by atoms with Crippen LogP contribution in [0.15, 0.2) is 18.2 Å². The lowest BCUT2D eigenvalue weighted by atomic mass is 10.1. The van der Waals surface area contributed by atoms with Crippen LogP contribution >= 0.6 is 11.6 Å². The molecule has 0 saturated carbocycles. The number of hydrogen-bond acceptors (Lipinski definition) is 5. The predicted octanol–water partition coefficient (Wildman–Crippen LogP) is 0.853. The molecule has 0 aliphatic carbocycles. The number of piperazine rings is 1. The third kappa shape index (κ3) is 3.86. The highest BCUT2D eigenvalue weighted by molar-refractivity contribution is 6.31. The second kappa shape index (κ2) is 6.78. The van der Waals surface area contributed by atoms with Crippen LogP contribution in [0, 0.1) is 0 Å². The summed E-state index contributed by atoms with van der Waals surface area (Å²) >= 11 is 5.83. The zero-order valence-corrected chi connectivity index (χ0v) is 12.6. The van der Waals surface area contributed by atoms with Gasteiger partial charge in [-0.1, -0.05) is 11.6 Å². The lowest BCUT2D eigenvalue weighted by Gasteiger charge is -2.34. The number of amides is 1. The van der Waals surface area contributed by atoms with Crippen LogP contribution in [0.5, 0.6) is 0 Å². The maximum absolute atomic E-state index is 12.4. The molecule has 7 heteroatoms. The van der Waals surface area contributed by atoms with E-state index in [0.717, 1.165) is 0 Å². The first-order valence-corrected chi connectivity index (χ1v) is 7.02. The molecule has 114 valence electrons. The summed E-state index contributed by atoms with van der Waals surface area (Å²) in [6, 6.07) is 4.86. The molecule has 1 amide bonds. The summed E-state index contributed by atoms with van der Waals surface area (Å²) in [6.45, 7) is 2.63. The van der Waals surface area contributed by atoms with E-state index in [2.05, 4.69) is 4.74 Å². The highest BCUT2D eigenvalue weighted by atomic mass is 35.5. The molecule has 1 fully saturated rings. The molecule has 0 aromatic heterocycles. The zero-order valence-electron chi connectivity index (χ0n) is 11.8. The molecule has 1 aliphatic heterocycles. The van der Waals surface area contributed by atoms with E-state index in [9.17, 15) is 9.59 Å². The molecule has 21 heavy (non-hydrogen) atoms. The Morgan fingerprint density at radius 1 is 1.29 bits per heavy atom. The van der Waals surface area contributed by atoms with Crippen LogP contribution in [-0.4, -0.2) is 61.5 Å². The van der Waals surface area contributed by atoms with E-state index in [-0.39, 0.29) is 18.4 Å². The van der Waals surface area contributed by atoms with Gasteiger partial charge in [-0.25, -0.2) is 0 Å². The maximum atomic E-state index is 12.4. The molecule has 0 bridgehead atoms. The molecule has 0 spiro atoms. The van der Waals surface area contributed by atoms with Crippen LogP contribution in [0.1, 0.15) is 10.4 Å². The zero-order chi connectivity index (χ0) is 15.4. The number of methoxy groups -OCH3 is 1. The van der Waals surface area contributed by atoms with E-state index in [0.29, 0.717) is 42.5 Å². The predicted molar refractivity (Wildman–Crippen MR) is 80.2 cm³/mol. The molecule has 1 aliphatic rings. The lowest BCUT2D eigenvalue weighted by molar-refractivity contribution is -0.142. The molecule has 1 saturated heterocycles. The first kappa shape index (κ1) is 15.6. The fourth-order valence-corrected chi connectivity index (χ4v) is 2.44. The molecule has 1 aromatic rings. The van der Waals surface area contributed by atoms with Crippen molar-refractivity contribution in [1.82, 2.24) is 9.80 Å². The summed E-state index contributed by atoms with van der Waals surface area (Å²) in [5.41, 5.74) is 6.67. The second-order valence-electron chi connectivity index (χ2n) is 4.88. The van der Waals surface area contributed by atoms with Gasteiger partial charge >= 0.3 is 5.97 Å². The average Bonchev–Trinajstić information content (AvgIpc) is 2.47. The van der Waals surface area contributed by atoms with Gasteiger partial charge in [-0.05, 0) is 18.2 Å². The van der Waals surface area contributed by atoms with Gasteiger partial charge in [0.2, 0.25) is 0 Å². The number of rotatable bonds is 3. The van der Waals surface area contributed by atoms with E-state index >= 15 is 0 Å². The quantitative estimate of drug-likeness (QED) is 0.661. The number of halogens is 1. The van der Waals surface area contributed by atoms with Crippen LogP contribution in [-0.2, 0) is 9.53 Å². The SMILES string of the molecule is COC(=O)CN1CCN(C(=O)c2ccc(Cl)cc2N)CC1. The van der Waals surface area contributed by atoms with Crippen molar-refractivity contribution < 1.29 is 14.3 Å². The molecule has 0 atom stereocenters. The van der Waals surface area contributed by atoms with Crippen molar-refractivity contribution in [2.45, 2.75) is 0 Å².